The maximum atomic E-state index is 13.3. The fourth-order valence-electron chi connectivity index (χ4n) is 4.09. The third-order valence-electron chi connectivity index (χ3n) is 6.23. The van der Waals surface area contributed by atoms with Crippen molar-refractivity contribution in [3.8, 4) is 5.75 Å². The summed E-state index contributed by atoms with van der Waals surface area (Å²) in [6.07, 6.45) is 3.53. The van der Waals surface area contributed by atoms with Crippen molar-refractivity contribution in [2.45, 2.75) is 45.3 Å². The number of hydrogen-bond acceptors (Lipinski definition) is 6. The first-order chi connectivity index (χ1) is 15.5. The molecule has 1 aliphatic heterocycles. The lowest BCUT2D eigenvalue weighted by Gasteiger charge is -2.36. The zero-order valence-corrected chi connectivity index (χ0v) is 20.9. The van der Waals surface area contributed by atoms with Crippen LogP contribution in [0.3, 0.4) is 0 Å². The van der Waals surface area contributed by atoms with E-state index in [9.17, 15) is 18.0 Å². The number of nitrogens with one attached hydrogen (secondary N) is 1. The number of carbonyl (C=O) groups excluding carboxylic acids is 2. The molecule has 33 heavy (non-hydrogen) atoms. The molecule has 1 heterocycles. The molecule has 3 atom stereocenters. The standard InChI is InChI=1S/C23H35N3O6S/c1-15-12-26(22(27)10-17-6-7-17)16(2)14-32-20-9-8-18(24-33(5,29)30)11-19(20)23(28)25(3)13-21(15)31-4/h8-9,11,15-17,21,24H,6-7,10,12-14H2,1-5H3/t15-,16-,21+/m1/s1. The first kappa shape index (κ1) is 25.3. The predicted octanol–water partition coefficient (Wildman–Crippen LogP) is 2.19. The number of fused-ring (bicyclic) bond motifs is 1. The van der Waals surface area contributed by atoms with E-state index in [-0.39, 0.29) is 47.7 Å². The molecular weight excluding hydrogens is 446 g/mol. The summed E-state index contributed by atoms with van der Waals surface area (Å²) in [6.45, 7) is 5.01. The Hall–Kier alpha value is -2.33. The number of ether oxygens (including phenoxy) is 2. The lowest BCUT2D eigenvalue weighted by atomic mass is 10.0. The molecular formula is C23H35N3O6S. The largest absolute Gasteiger partial charge is 0.491 e. The third-order valence-corrected chi connectivity index (χ3v) is 6.83. The fourth-order valence-corrected chi connectivity index (χ4v) is 4.64. The number of carbonyl (C=O) groups is 2. The van der Waals surface area contributed by atoms with Crippen LogP contribution >= 0.6 is 0 Å². The van der Waals surface area contributed by atoms with E-state index in [0.717, 1.165) is 19.1 Å². The number of nitrogens with zero attached hydrogens (tertiary/aromatic N) is 2. The molecule has 184 valence electrons. The van der Waals surface area contributed by atoms with Gasteiger partial charge >= 0.3 is 0 Å². The molecule has 3 rings (SSSR count). The van der Waals surface area contributed by atoms with Crippen molar-refractivity contribution in [1.29, 1.82) is 0 Å². The average Bonchev–Trinajstić information content (AvgIpc) is 3.55. The number of anilines is 1. The number of sulfonamides is 1. The minimum atomic E-state index is -3.51. The summed E-state index contributed by atoms with van der Waals surface area (Å²) in [7, 11) is -0.225. The highest BCUT2D eigenvalue weighted by atomic mass is 32.2. The van der Waals surface area contributed by atoms with Crippen molar-refractivity contribution < 1.29 is 27.5 Å². The highest BCUT2D eigenvalue weighted by molar-refractivity contribution is 7.92. The molecule has 0 spiro atoms. The predicted molar refractivity (Wildman–Crippen MR) is 126 cm³/mol. The van der Waals surface area contributed by atoms with Gasteiger partial charge in [-0.2, -0.15) is 0 Å². The summed E-state index contributed by atoms with van der Waals surface area (Å²) >= 11 is 0. The van der Waals surface area contributed by atoms with Gasteiger partial charge in [-0.15, -0.1) is 0 Å². The molecule has 9 nitrogen and oxygen atoms in total. The van der Waals surface area contributed by atoms with E-state index in [1.54, 1.807) is 31.2 Å². The van der Waals surface area contributed by atoms with Gasteiger partial charge in [0.1, 0.15) is 12.4 Å². The normalized spacial score (nSPS) is 24.9. The molecule has 0 aromatic heterocycles. The zero-order valence-electron chi connectivity index (χ0n) is 20.0. The topological polar surface area (TPSA) is 105 Å². The van der Waals surface area contributed by atoms with Crippen LogP contribution in [0.15, 0.2) is 18.2 Å². The second kappa shape index (κ2) is 10.3. The van der Waals surface area contributed by atoms with E-state index in [4.69, 9.17) is 9.47 Å². The van der Waals surface area contributed by atoms with E-state index in [1.165, 1.54) is 6.07 Å². The number of likely N-dealkylation sites (N-methyl/N-ethyl adjacent to an activating group) is 1. The molecule has 1 aliphatic carbocycles. The highest BCUT2D eigenvalue weighted by Gasteiger charge is 2.33. The highest BCUT2D eigenvalue weighted by Crippen LogP contribution is 2.33. The molecule has 0 saturated heterocycles. The van der Waals surface area contributed by atoms with Crippen LogP contribution < -0.4 is 9.46 Å². The quantitative estimate of drug-likeness (QED) is 0.691. The molecule has 2 amide bonds. The maximum absolute atomic E-state index is 13.3. The molecule has 10 heteroatoms. The van der Waals surface area contributed by atoms with E-state index in [1.807, 2.05) is 18.7 Å². The Morgan fingerprint density at radius 1 is 1.24 bits per heavy atom. The second-order valence-electron chi connectivity index (χ2n) is 9.38. The van der Waals surface area contributed by atoms with Gasteiger partial charge in [0.25, 0.3) is 5.91 Å². The van der Waals surface area contributed by atoms with E-state index in [2.05, 4.69) is 4.72 Å². The van der Waals surface area contributed by atoms with Crippen molar-refractivity contribution in [3.63, 3.8) is 0 Å². The summed E-state index contributed by atoms with van der Waals surface area (Å²) in [6, 6.07) is 4.41. The van der Waals surface area contributed by atoms with Gasteiger partial charge in [0.05, 0.1) is 24.0 Å². The zero-order chi connectivity index (χ0) is 24.3. The summed E-state index contributed by atoms with van der Waals surface area (Å²) < 4.78 is 37.5. The molecule has 1 aromatic carbocycles. The van der Waals surface area contributed by atoms with Gasteiger partial charge in [-0.25, -0.2) is 8.42 Å². The van der Waals surface area contributed by atoms with Crippen LogP contribution in [0.25, 0.3) is 0 Å². The van der Waals surface area contributed by atoms with Crippen LogP contribution in [0.4, 0.5) is 5.69 Å². The van der Waals surface area contributed by atoms with Gasteiger partial charge in [-0.1, -0.05) is 6.92 Å². The molecule has 1 saturated carbocycles. The van der Waals surface area contributed by atoms with Crippen LogP contribution in [0.1, 0.15) is 43.5 Å². The molecule has 1 aromatic rings. The number of benzene rings is 1. The van der Waals surface area contributed by atoms with E-state index >= 15 is 0 Å². The molecule has 0 radical (unpaired) electrons. The molecule has 0 bridgehead atoms. The van der Waals surface area contributed by atoms with Gasteiger partial charge in [0.15, 0.2) is 0 Å². The fraction of sp³-hybridized carbons (Fsp3) is 0.652. The van der Waals surface area contributed by atoms with Crippen LogP contribution in [-0.2, 0) is 19.6 Å². The van der Waals surface area contributed by atoms with Gasteiger partial charge in [-0.05, 0) is 43.9 Å². The molecule has 0 unspecified atom stereocenters. The van der Waals surface area contributed by atoms with Crippen LogP contribution in [0.5, 0.6) is 5.75 Å². The Morgan fingerprint density at radius 2 is 1.94 bits per heavy atom. The lowest BCUT2D eigenvalue weighted by Crippen LogP contribution is -2.48. The van der Waals surface area contributed by atoms with Crippen molar-refractivity contribution in [2.24, 2.45) is 11.8 Å². The lowest BCUT2D eigenvalue weighted by molar-refractivity contribution is -0.135. The first-order valence-electron chi connectivity index (χ1n) is 11.3. The molecule has 2 aliphatic rings. The Bertz CT molecular complexity index is 978. The molecule has 1 fully saturated rings. The van der Waals surface area contributed by atoms with Crippen molar-refractivity contribution in [1.82, 2.24) is 9.80 Å². The van der Waals surface area contributed by atoms with E-state index in [0.29, 0.717) is 31.2 Å². The second-order valence-corrected chi connectivity index (χ2v) is 11.1. The average molecular weight is 482 g/mol. The monoisotopic (exact) mass is 481 g/mol. The van der Waals surface area contributed by atoms with Crippen molar-refractivity contribution in [2.75, 3.05) is 44.8 Å². The SMILES string of the molecule is CO[C@H]1CN(C)C(=O)c2cc(NS(C)(=O)=O)ccc2OC[C@@H](C)N(C(=O)CC2CC2)C[C@H]1C. The minimum Gasteiger partial charge on any atom is -0.491 e. The van der Waals surface area contributed by atoms with Crippen molar-refractivity contribution in [3.05, 3.63) is 23.8 Å². The Labute approximate surface area is 196 Å². The van der Waals surface area contributed by atoms with Crippen molar-refractivity contribution >= 4 is 27.5 Å². The van der Waals surface area contributed by atoms with Crippen LogP contribution in [0.2, 0.25) is 0 Å². The number of methoxy groups -OCH3 is 1. The molecule has 1 N–H and O–H groups in total. The first-order valence-corrected chi connectivity index (χ1v) is 13.2. The third kappa shape index (κ3) is 6.83. The Balaban J connectivity index is 1.94. The van der Waals surface area contributed by atoms with E-state index < -0.39 is 10.0 Å². The smallest absolute Gasteiger partial charge is 0.257 e. The van der Waals surface area contributed by atoms with Crippen LogP contribution in [-0.4, -0.2) is 82.3 Å². The number of amides is 2. The van der Waals surface area contributed by atoms with Crippen LogP contribution in [0, 0.1) is 11.8 Å². The minimum absolute atomic E-state index is 0.00650. The van der Waals surface area contributed by atoms with Gasteiger partial charge in [0, 0.05) is 45.3 Å². The summed E-state index contributed by atoms with van der Waals surface area (Å²) in [4.78, 5) is 29.7. The summed E-state index contributed by atoms with van der Waals surface area (Å²) in [5, 5.41) is 0. The van der Waals surface area contributed by atoms with Gasteiger partial charge < -0.3 is 19.3 Å². The number of rotatable bonds is 5. The Morgan fingerprint density at radius 3 is 2.55 bits per heavy atom. The number of hydrogen-bond donors (Lipinski definition) is 1. The Kier molecular flexibility index (Phi) is 7.89. The maximum Gasteiger partial charge on any atom is 0.257 e. The van der Waals surface area contributed by atoms with Gasteiger partial charge in [-0.3, -0.25) is 14.3 Å². The summed E-state index contributed by atoms with van der Waals surface area (Å²) in [5.41, 5.74) is 0.525. The van der Waals surface area contributed by atoms with Gasteiger partial charge in [0.2, 0.25) is 15.9 Å². The summed E-state index contributed by atoms with van der Waals surface area (Å²) in [5.74, 6) is 0.629.